The third-order valence-electron chi connectivity index (χ3n) is 2.54. The summed E-state index contributed by atoms with van der Waals surface area (Å²) in [6, 6.07) is 1.96. The van der Waals surface area contributed by atoms with Crippen LogP contribution in [0, 0.1) is 17.2 Å². The first kappa shape index (κ1) is 15.5. The first-order chi connectivity index (χ1) is 8.80. The van der Waals surface area contributed by atoms with Gasteiger partial charge in [0.05, 0.1) is 12.4 Å². The fourth-order valence-corrected chi connectivity index (χ4v) is 3.56. The van der Waals surface area contributed by atoms with E-state index < -0.39 is 10.0 Å². The average Bonchev–Trinajstić information content (AvgIpc) is 2.64. The summed E-state index contributed by atoms with van der Waals surface area (Å²) in [4.78, 5) is 3.79. The monoisotopic (exact) mass is 285 g/mol. The SMILES string of the molecule is CC(C)CN(CCC#N)S(=O)(=O)c1c(N)ncn1C. The number of sulfonamides is 1. The summed E-state index contributed by atoms with van der Waals surface area (Å²) in [6.07, 6.45) is 1.50. The smallest absolute Gasteiger partial charge is 0.262 e. The van der Waals surface area contributed by atoms with Crippen LogP contribution in [-0.2, 0) is 17.1 Å². The lowest BCUT2D eigenvalue weighted by Gasteiger charge is -2.23. The van der Waals surface area contributed by atoms with Crippen molar-refractivity contribution in [3.8, 4) is 6.07 Å². The molecule has 1 rings (SSSR count). The van der Waals surface area contributed by atoms with Gasteiger partial charge in [0.2, 0.25) is 0 Å². The van der Waals surface area contributed by atoms with Gasteiger partial charge in [0.15, 0.2) is 10.8 Å². The highest BCUT2D eigenvalue weighted by atomic mass is 32.2. The third kappa shape index (κ3) is 3.45. The van der Waals surface area contributed by atoms with Gasteiger partial charge >= 0.3 is 0 Å². The lowest BCUT2D eigenvalue weighted by molar-refractivity contribution is 0.370. The van der Waals surface area contributed by atoms with Gasteiger partial charge < -0.3 is 10.3 Å². The van der Waals surface area contributed by atoms with Gasteiger partial charge in [-0.05, 0) is 5.92 Å². The third-order valence-corrected chi connectivity index (χ3v) is 4.53. The second kappa shape index (κ2) is 6.04. The molecule has 8 heteroatoms. The van der Waals surface area contributed by atoms with Crippen molar-refractivity contribution in [2.45, 2.75) is 25.3 Å². The minimum atomic E-state index is -3.73. The molecule has 106 valence electrons. The maximum atomic E-state index is 12.6. The Hall–Kier alpha value is -1.59. The zero-order chi connectivity index (χ0) is 14.6. The lowest BCUT2D eigenvalue weighted by Crippen LogP contribution is -2.36. The van der Waals surface area contributed by atoms with Gasteiger partial charge in [-0.3, -0.25) is 0 Å². The van der Waals surface area contributed by atoms with Crippen molar-refractivity contribution in [2.75, 3.05) is 18.8 Å². The van der Waals surface area contributed by atoms with Crippen molar-refractivity contribution in [1.82, 2.24) is 13.9 Å². The maximum Gasteiger partial charge on any atom is 0.262 e. The largest absolute Gasteiger partial charge is 0.381 e. The maximum absolute atomic E-state index is 12.6. The molecule has 0 fully saturated rings. The summed E-state index contributed by atoms with van der Waals surface area (Å²) in [7, 11) is -2.15. The topological polar surface area (TPSA) is 105 Å². The molecule has 1 aromatic heterocycles. The molecule has 0 saturated carbocycles. The normalized spacial score (nSPS) is 12.0. The number of anilines is 1. The van der Waals surface area contributed by atoms with Crippen LogP contribution < -0.4 is 5.73 Å². The number of rotatable bonds is 6. The zero-order valence-electron chi connectivity index (χ0n) is 11.4. The van der Waals surface area contributed by atoms with Crippen LogP contribution in [0.25, 0.3) is 0 Å². The Kier molecular flexibility index (Phi) is 4.91. The molecule has 0 amide bonds. The number of aromatic nitrogens is 2. The Morgan fingerprint density at radius 2 is 2.21 bits per heavy atom. The second-order valence-electron chi connectivity index (χ2n) is 4.71. The van der Waals surface area contributed by atoms with Crippen LogP contribution in [0.2, 0.25) is 0 Å². The Balaban J connectivity index is 3.16. The van der Waals surface area contributed by atoms with Crippen LogP contribution in [0.1, 0.15) is 20.3 Å². The quantitative estimate of drug-likeness (QED) is 0.822. The van der Waals surface area contributed by atoms with Gasteiger partial charge in [0.1, 0.15) is 0 Å². The summed E-state index contributed by atoms with van der Waals surface area (Å²) < 4.78 is 27.8. The standard InChI is InChI=1S/C11H19N5O2S/c1-9(2)7-16(6-4-5-12)19(17,18)11-10(13)14-8-15(11)3/h8-9H,4,6-7,13H2,1-3H3. The highest BCUT2D eigenvalue weighted by Gasteiger charge is 2.30. The number of imidazole rings is 1. The van der Waals surface area contributed by atoms with Gasteiger partial charge in [0.25, 0.3) is 10.0 Å². The van der Waals surface area contributed by atoms with Gasteiger partial charge in [-0.2, -0.15) is 9.57 Å². The summed E-state index contributed by atoms with van der Waals surface area (Å²) in [5.74, 6) is 0.135. The molecule has 0 aliphatic rings. The van der Waals surface area contributed by atoms with E-state index in [0.29, 0.717) is 6.54 Å². The summed E-state index contributed by atoms with van der Waals surface area (Å²) >= 11 is 0. The summed E-state index contributed by atoms with van der Waals surface area (Å²) in [5.41, 5.74) is 5.62. The molecule has 0 aliphatic carbocycles. The molecule has 0 aliphatic heterocycles. The molecule has 19 heavy (non-hydrogen) atoms. The zero-order valence-corrected chi connectivity index (χ0v) is 12.2. The van der Waals surface area contributed by atoms with Crippen molar-refractivity contribution in [3.63, 3.8) is 0 Å². The fourth-order valence-electron chi connectivity index (χ4n) is 1.77. The summed E-state index contributed by atoms with van der Waals surface area (Å²) in [5, 5.41) is 8.62. The second-order valence-corrected chi connectivity index (χ2v) is 6.56. The number of hydrogen-bond acceptors (Lipinski definition) is 5. The molecule has 1 aromatic rings. The van der Waals surface area contributed by atoms with Crippen LogP contribution in [0.3, 0.4) is 0 Å². The summed E-state index contributed by atoms with van der Waals surface area (Å²) in [6.45, 7) is 4.33. The molecule has 0 unspecified atom stereocenters. The van der Waals surface area contributed by atoms with Gasteiger partial charge in [-0.25, -0.2) is 13.4 Å². The molecule has 0 bridgehead atoms. The van der Waals surface area contributed by atoms with Crippen molar-refractivity contribution in [1.29, 1.82) is 5.26 Å². The van der Waals surface area contributed by atoms with E-state index in [0.717, 1.165) is 0 Å². The van der Waals surface area contributed by atoms with Crippen LogP contribution >= 0.6 is 0 Å². The van der Waals surface area contributed by atoms with Gasteiger partial charge in [-0.1, -0.05) is 13.8 Å². The highest BCUT2D eigenvalue weighted by Crippen LogP contribution is 2.21. The minimum absolute atomic E-state index is 0.0202. The van der Waals surface area contributed by atoms with Gasteiger partial charge in [0, 0.05) is 26.6 Å². The molecular formula is C11H19N5O2S. The molecular weight excluding hydrogens is 266 g/mol. The highest BCUT2D eigenvalue weighted by molar-refractivity contribution is 7.89. The fraction of sp³-hybridized carbons (Fsp3) is 0.636. The van der Waals surface area contributed by atoms with E-state index in [1.165, 1.54) is 15.2 Å². The Morgan fingerprint density at radius 3 is 2.63 bits per heavy atom. The minimum Gasteiger partial charge on any atom is -0.381 e. The molecule has 0 atom stereocenters. The molecule has 0 radical (unpaired) electrons. The van der Waals surface area contributed by atoms with Crippen molar-refractivity contribution >= 4 is 15.8 Å². The number of nitrogen functional groups attached to an aromatic ring is 1. The van der Waals surface area contributed by atoms with Crippen molar-refractivity contribution in [3.05, 3.63) is 6.33 Å². The van der Waals surface area contributed by atoms with Crippen LogP contribution in [-0.4, -0.2) is 35.4 Å². The van der Waals surface area contributed by atoms with Gasteiger partial charge in [-0.15, -0.1) is 0 Å². The van der Waals surface area contributed by atoms with E-state index in [-0.39, 0.29) is 29.7 Å². The number of nitrogens with zero attached hydrogens (tertiary/aromatic N) is 4. The van der Waals surface area contributed by atoms with E-state index in [1.807, 2.05) is 19.9 Å². The van der Waals surface area contributed by atoms with Crippen LogP contribution in [0.4, 0.5) is 5.82 Å². The van der Waals surface area contributed by atoms with E-state index >= 15 is 0 Å². The van der Waals surface area contributed by atoms with E-state index in [9.17, 15) is 8.42 Å². The number of nitrogens with two attached hydrogens (primary N) is 1. The van der Waals surface area contributed by atoms with Crippen LogP contribution in [0.15, 0.2) is 11.4 Å². The Bertz CT molecular complexity index is 551. The first-order valence-electron chi connectivity index (χ1n) is 5.94. The number of aryl methyl sites for hydroxylation is 1. The predicted molar refractivity (Wildman–Crippen MR) is 71.4 cm³/mol. The molecule has 1 heterocycles. The van der Waals surface area contributed by atoms with Crippen LogP contribution in [0.5, 0.6) is 0 Å². The Labute approximate surface area is 113 Å². The Morgan fingerprint density at radius 1 is 1.58 bits per heavy atom. The van der Waals surface area contributed by atoms with E-state index in [1.54, 1.807) is 7.05 Å². The van der Waals surface area contributed by atoms with Crippen molar-refractivity contribution in [2.24, 2.45) is 13.0 Å². The molecule has 2 N–H and O–H groups in total. The number of hydrogen-bond donors (Lipinski definition) is 1. The molecule has 0 spiro atoms. The van der Waals surface area contributed by atoms with E-state index in [4.69, 9.17) is 11.0 Å². The molecule has 7 nitrogen and oxygen atoms in total. The lowest BCUT2D eigenvalue weighted by atomic mass is 10.2. The molecule has 0 aromatic carbocycles. The van der Waals surface area contributed by atoms with E-state index in [2.05, 4.69) is 4.98 Å². The first-order valence-corrected chi connectivity index (χ1v) is 7.38. The molecule has 0 saturated heterocycles. The predicted octanol–water partition coefficient (Wildman–Crippen LogP) is 0.563. The number of nitriles is 1. The average molecular weight is 285 g/mol. The van der Waals surface area contributed by atoms with Crippen molar-refractivity contribution < 1.29 is 8.42 Å².